The molecule has 0 saturated heterocycles. The first-order valence-corrected chi connectivity index (χ1v) is 4.10. The van der Waals surface area contributed by atoms with Gasteiger partial charge in [0.2, 0.25) is 0 Å². The molecule has 5 heteroatoms. The first-order chi connectivity index (χ1) is 5.68. The van der Waals surface area contributed by atoms with Crippen molar-refractivity contribution >= 4 is 40.0 Å². The van der Waals surface area contributed by atoms with Crippen LogP contribution in [0.2, 0.25) is 0 Å². The second-order valence-corrected chi connectivity index (χ2v) is 3.39. The number of hydrogen-bond donors (Lipinski definition) is 1. The van der Waals surface area contributed by atoms with E-state index in [1.807, 2.05) is 0 Å². The van der Waals surface area contributed by atoms with Crippen molar-refractivity contribution < 1.29 is 4.39 Å². The third-order valence-electron chi connectivity index (χ3n) is 1.56. The van der Waals surface area contributed by atoms with Gasteiger partial charge in [0.1, 0.15) is 13.7 Å². The molecule has 1 aromatic carbocycles. The zero-order valence-corrected chi connectivity index (χ0v) is 6.86. The highest BCUT2D eigenvalue weighted by Crippen LogP contribution is 2.21. The monoisotopic (exact) mass is 178 g/mol. The molecule has 0 bridgehead atoms. The van der Waals surface area contributed by atoms with Crippen molar-refractivity contribution in [1.82, 2.24) is 4.98 Å². The molecular weight excluding hydrogens is 174 g/mol. The van der Waals surface area contributed by atoms with Gasteiger partial charge in [0.05, 0.1) is 10.2 Å². The molecule has 0 aliphatic heterocycles. The maximum absolute atomic E-state index is 12.9. The third-order valence-corrected chi connectivity index (χ3v) is 2.49. The van der Waals surface area contributed by atoms with Gasteiger partial charge in [-0.3, -0.25) is 0 Å². The summed E-state index contributed by atoms with van der Waals surface area (Å²) in [5, 5.41) is 0.405. The zero-order chi connectivity index (χ0) is 8.72. The predicted molar refractivity (Wildman–Crippen MR) is 49.4 cm³/mol. The van der Waals surface area contributed by atoms with Crippen LogP contribution >= 0.6 is 11.3 Å². The van der Waals surface area contributed by atoms with Gasteiger partial charge >= 0.3 is 0 Å². The lowest BCUT2D eigenvalue weighted by molar-refractivity contribution is 0.637. The molecule has 0 unspecified atom stereocenters. The van der Waals surface area contributed by atoms with Crippen molar-refractivity contribution in [2.24, 2.45) is 0 Å². The summed E-state index contributed by atoms with van der Waals surface area (Å²) in [6.45, 7) is 0. The lowest BCUT2D eigenvalue weighted by Crippen LogP contribution is -2.07. The largest absolute Gasteiger partial charge is 0.375 e. The average molecular weight is 178 g/mol. The number of thiazole rings is 1. The van der Waals surface area contributed by atoms with E-state index < -0.39 is 5.82 Å². The summed E-state index contributed by atoms with van der Waals surface area (Å²) in [4.78, 5) is 3.96. The molecule has 0 aliphatic rings. The van der Waals surface area contributed by atoms with Crippen LogP contribution in [-0.2, 0) is 0 Å². The first kappa shape index (κ1) is 7.55. The maximum Gasteiger partial charge on any atom is 0.181 e. The van der Waals surface area contributed by atoms with Gasteiger partial charge < -0.3 is 5.73 Å². The summed E-state index contributed by atoms with van der Waals surface area (Å²) in [7, 11) is 5.47. The summed E-state index contributed by atoms with van der Waals surface area (Å²) in [5.41, 5.74) is 6.21. The quantitative estimate of drug-likeness (QED) is 0.606. The molecule has 0 amide bonds. The van der Waals surface area contributed by atoms with E-state index in [9.17, 15) is 4.39 Å². The number of nitrogens with two attached hydrogens (primary N) is 1. The van der Waals surface area contributed by atoms with Crippen molar-refractivity contribution in [3.05, 3.63) is 17.9 Å². The third kappa shape index (κ3) is 0.974. The Hall–Kier alpha value is -1.10. The number of hydrogen-bond acceptors (Lipinski definition) is 3. The van der Waals surface area contributed by atoms with Crippen LogP contribution in [0.1, 0.15) is 0 Å². The molecule has 58 valence electrons. The van der Waals surface area contributed by atoms with E-state index in [0.29, 0.717) is 15.3 Å². The summed E-state index contributed by atoms with van der Waals surface area (Å²) in [5.74, 6) is -0.425. The zero-order valence-electron chi connectivity index (χ0n) is 6.04. The molecule has 1 heterocycles. The van der Waals surface area contributed by atoms with E-state index >= 15 is 0 Å². The van der Waals surface area contributed by atoms with Crippen LogP contribution in [0.25, 0.3) is 10.2 Å². The molecule has 2 aromatic rings. The van der Waals surface area contributed by atoms with Gasteiger partial charge in [0, 0.05) is 0 Å². The van der Waals surface area contributed by atoms with Crippen LogP contribution < -0.4 is 11.2 Å². The predicted octanol–water partition coefficient (Wildman–Crippen LogP) is 0.811. The van der Waals surface area contributed by atoms with Crippen LogP contribution in [-0.4, -0.2) is 12.8 Å². The molecule has 0 aliphatic carbocycles. The minimum Gasteiger partial charge on any atom is -0.375 e. The highest BCUT2D eigenvalue weighted by Gasteiger charge is 2.06. The van der Waals surface area contributed by atoms with Gasteiger partial charge in [-0.25, -0.2) is 9.37 Å². The molecule has 1 aromatic heterocycles. The lowest BCUT2D eigenvalue weighted by Gasteiger charge is -1.94. The highest BCUT2D eigenvalue weighted by molar-refractivity contribution is 7.23. The topological polar surface area (TPSA) is 38.9 Å². The van der Waals surface area contributed by atoms with Crippen LogP contribution in [0.5, 0.6) is 0 Å². The van der Waals surface area contributed by atoms with Crippen molar-refractivity contribution in [3.8, 4) is 0 Å². The summed E-state index contributed by atoms with van der Waals surface area (Å²) in [6.07, 6.45) is 0. The fourth-order valence-corrected chi connectivity index (χ4v) is 1.78. The molecule has 2 rings (SSSR count). The number of aromatic nitrogens is 1. The Morgan fingerprint density at radius 3 is 3.00 bits per heavy atom. The fourth-order valence-electron chi connectivity index (χ4n) is 1.01. The van der Waals surface area contributed by atoms with Crippen molar-refractivity contribution in [3.63, 3.8) is 0 Å². The van der Waals surface area contributed by atoms with Gasteiger partial charge in [0.15, 0.2) is 5.13 Å². The second kappa shape index (κ2) is 2.45. The van der Waals surface area contributed by atoms with E-state index in [4.69, 9.17) is 13.6 Å². The van der Waals surface area contributed by atoms with E-state index in [1.54, 1.807) is 6.07 Å². The molecule has 2 N–H and O–H groups in total. The molecule has 12 heavy (non-hydrogen) atoms. The molecule has 2 radical (unpaired) electrons. The van der Waals surface area contributed by atoms with Crippen molar-refractivity contribution in [2.75, 3.05) is 5.73 Å². The number of rotatable bonds is 0. The molecule has 0 fully saturated rings. The summed E-state index contributed by atoms with van der Waals surface area (Å²) >= 11 is 1.19. The Morgan fingerprint density at radius 1 is 1.50 bits per heavy atom. The number of nitrogen functional groups attached to an aromatic ring is 1. The Balaban J connectivity index is 2.89. The smallest absolute Gasteiger partial charge is 0.181 e. The summed E-state index contributed by atoms with van der Waals surface area (Å²) < 4.78 is 13.5. The minimum atomic E-state index is -0.425. The van der Waals surface area contributed by atoms with E-state index in [-0.39, 0.29) is 5.46 Å². The fraction of sp³-hybridized carbons (Fsp3) is 0. The number of nitrogens with zero attached hydrogens (tertiary/aromatic N) is 1. The Labute approximate surface area is 73.6 Å². The van der Waals surface area contributed by atoms with Crippen LogP contribution in [0.15, 0.2) is 12.1 Å². The Bertz CT molecular complexity index is 440. The average Bonchev–Trinajstić information content (AvgIpc) is 2.39. The van der Waals surface area contributed by atoms with Gasteiger partial charge in [0.25, 0.3) is 0 Å². The van der Waals surface area contributed by atoms with Crippen LogP contribution in [0.4, 0.5) is 9.52 Å². The Morgan fingerprint density at radius 2 is 2.25 bits per heavy atom. The second-order valence-electron chi connectivity index (χ2n) is 2.36. The maximum atomic E-state index is 12.9. The highest BCUT2D eigenvalue weighted by atomic mass is 32.1. The van der Waals surface area contributed by atoms with Crippen LogP contribution in [0, 0.1) is 5.82 Å². The minimum absolute atomic E-state index is 0.127. The Kier molecular flexibility index (Phi) is 1.54. The number of benzene rings is 1. The van der Waals surface area contributed by atoms with E-state index in [1.165, 1.54) is 17.4 Å². The SMILES string of the molecule is [B]c1c(F)ccc2nc(N)sc12. The first-order valence-electron chi connectivity index (χ1n) is 3.28. The number of halogens is 1. The number of fused-ring (bicyclic) bond motifs is 1. The molecular formula is C7H4BFN2S. The van der Waals surface area contributed by atoms with Crippen molar-refractivity contribution in [1.29, 1.82) is 0 Å². The van der Waals surface area contributed by atoms with Gasteiger partial charge in [-0.05, 0) is 17.6 Å². The van der Waals surface area contributed by atoms with Gasteiger partial charge in [-0.15, -0.1) is 0 Å². The molecule has 2 nitrogen and oxygen atoms in total. The summed E-state index contributed by atoms with van der Waals surface area (Å²) in [6, 6.07) is 2.85. The van der Waals surface area contributed by atoms with Gasteiger partial charge in [-0.2, -0.15) is 0 Å². The van der Waals surface area contributed by atoms with Crippen molar-refractivity contribution in [2.45, 2.75) is 0 Å². The normalized spacial score (nSPS) is 10.8. The standard InChI is InChI=1S/C7H4BFN2S/c8-5-3(9)1-2-4-6(5)12-7(10)11-4/h1-2H,(H2,10,11). The van der Waals surface area contributed by atoms with Gasteiger partial charge in [-0.1, -0.05) is 11.3 Å². The lowest BCUT2D eigenvalue weighted by atomic mass is 9.95. The van der Waals surface area contributed by atoms with Crippen LogP contribution in [0.3, 0.4) is 0 Å². The molecule has 0 atom stereocenters. The van der Waals surface area contributed by atoms with E-state index in [0.717, 1.165) is 0 Å². The molecule has 0 spiro atoms. The number of anilines is 1. The molecule has 0 saturated carbocycles. The van der Waals surface area contributed by atoms with E-state index in [2.05, 4.69) is 4.98 Å².